The van der Waals surface area contributed by atoms with Crippen molar-refractivity contribution < 1.29 is 18.8 Å². The van der Waals surface area contributed by atoms with Crippen LogP contribution in [0.3, 0.4) is 0 Å². The summed E-state index contributed by atoms with van der Waals surface area (Å²) in [7, 11) is 0. The molecule has 158 valence electrons. The number of amides is 3. The second kappa shape index (κ2) is 8.55. The first-order chi connectivity index (χ1) is 14.4. The van der Waals surface area contributed by atoms with Crippen molar-refractivity contribution in [3.05, 3.63) is 52.2 Å². The molecule has 3 amide bonds. The fourth-order valence-corrected chi connectivity index (χ4v) is 4.79. The van der Waals surface area contributed by atoms with E-state index in [0.29, 0.717) is 36.1 Å². The van der Waals surface area contributed by atoms with E-state index in [1.54, 1.807) is 11.0 Å². The van der Waals surface area contributed by atoms with Crippen LogP contribution >= 0.6 is 11.3 Å². The fraction of sp³-hybridized carbons (Fsp3) is 0.409. The predicted octanol–water partition coefficient (Wildman–Crippen LogP) is 3.53. The molecule has 0 unspecified atom stereocenters. The van der Waals surface area contributed by atoms with Gasteiger partial charge in [0.15, 0.2) is 0 Å². The second-order valence-electron chi connectivity index (χ2n) is 7.83. The number of piperazine rings is 1. The molecule has 6 nitrogen and oxygen atoms in total. The van der Waals surface area contributed by atoms with Gasteiger partial charge in [0.25, 0.3) is 11.8 Å². The van der Waals surface area contributed by atoms with Gasteiger partial charge in [0, 0.05) is 37.7 Å². The zero-order valence-corrected chi connectivity index (χ0v) is 17.6. The average molecular weight is 430 g/mol. The van der Waals surface area contributed by atoms with Crippen molar-refractivity contribution in [2.45, 2.75) is 26.2 Å². The highest BCUT2D eigenvalue weighted by atomic mass is 32.1. The summed E-state index contributed by atoms with van der Waals surface area (Å²) < 4.78 is 13.3. The predicted molar refractivity (Wildman–Crippen MR) is 113 cm³/mol. The van der Waals surface area contributed by atoms with Gasteiger partial charge in [-0.3, -0.25) is 14.4 Å². The van der Waals surface area contributed by atoms with Crippen LogP contribution in [-0.4, -0.2) is 53.7 Å². The summed E-state index contributed by atoms with van der Waals surface area (Å²) in [6, 6.07) is 7.23. The van der Waals surface area contributed by atoms with E-state index in [1.165, 1.54) is 35.6 Å². The Labute approximate surface area is 178 Å². The van der Waals surface area contributed by atoms with Crippen LogP contribution in [0.1, 0.15) is 44.9 Å². The smallest absolute Gasteiger partial charge is 0.264 e. The Morgan fingerprint density at radius 1 is 1.07 bits per heavy atom. The first-order valence-electron chi connectivity index (χ1n) is 10.2. The normalized spacial score (nSPS) is 16.9. The summed E-state index contributed by atoms with van der Waals surface area (Å²) in [5, 5.41) is 3.29. The Morgan fingerprint density at radius 3 is 2.40 bits per heavy atom. The molecule has 2 heterocycles. The van der Waals surface area contributed by atoms with Crippen LogP contribution in [-0.2, 0) is 4.79 Å². The van der Waals surface area contributed by atoms with Crippen LogP contribution in [0.5, 0.6) is 0 Å². The summed E-state index contributed by atoms with van der Waals surface area (Å²) in [4.78, 5) is 41.9. The highest BCUT2D eigenvalue weighted by Crippen LogP contribution is 2.30. The summed E-state index contributed by atoms with van der Waals surface area (Å²) in [6.07, 6.45) is 3.09. The van der Waals surface area contributed by atoms with Crippen molar-refractivity contribution in [2.75, 3.05) is 31.5 Å². The number of carbonyl (C=O) groups excluding carboxylic acids is 3. The van der Waals surface area contributed by atoms with Gasteiger partial charge in [-0.05, 0) is 49.6 Å². The highest BCUT2D eigenvalue weighted by Gasteiger charge is 2.32. The molecule has 1 aromatic carbocycles. The molecular formula is C22H24FN3O3S. The van der Waals surface area contributed by atoms with Gasteiger partial charge in [0.1, 0.15) is 5.82 Å². The van der Waals surface area contributed by atoms with E-state index in [1.807, 2.05) is 11.8 Å². The molecule has 30 heavy (non-hydrogen) atoms. The van der Waals surface area contributed by atoms with Gasteiger partial charge >= 0.3 is 0 Å². The summed E-state index contributed by atoms with van der Waals surface area (Å²) in [5.41, 5.74) is 1.01. The van der Waals surface area contributed by atoms with E-state index >= 15 is 0 Å². The molecule has 4 rings (SSSR count). The maximum Gasteiger partial charge on any atom is 0.264 e. The van der Waals surface area contributed by atoms with Gasteiger partial charge in [0.2, 0.25) is 5.91 Å². The number of hydrogen-bond acceptors (Lipinski definition) is 4. The molecule has 2 fully saturated rings. The monoisotopic (exact) mass is 429 g/mol. The third-order valence-corrected chi connectivity index (χ3v) is 6.91. The molecule has 8 heteroatoms. The fourth-order valence-electron chi connectivity index (χ4n) is 3.76. The molecule has 2 aliphatic rings. The number of hydrogen-bond donors (Lipinski definition) is 1. The molecular weight excluding hydrogens is 405 g/mol. The van der Waals surface area contributed by atoms with Gasteiger partial charge in [-0.2, -0.15) is 0 Å². The summed E-state index contributed by atoms with van der Waals surface area (Å²) in [5.74, 6) is -0.577. The van der Waals surface area contributed by atoms with Gasteiger partial charge in [-0.25, -0.2) is 4.39 Å². The largest absolute Gasteiger partial charge is 0.339 e. The summed E-state index contributed by atoms with van der Waals surface area (Å²) >= 11 is 1.22. The minimum absolute atomic E-state index is 0.0838. The molecule has 1 aliphatic heterocycles. The number of carbonyl (C=O) groups is 3. The number of thiophene rings is 1. The minimum atomic E-state index is -0.476. The maximum atomic E-state index is 13.3. The number of anilines is 1. The van der Waals surface area contributed by atoms with Crippen LogP contribution in [0.25, 0.3) is 0 Å². The van der Waals surface area contributed by atoms with E-state index in [-0.39, 0.29) is 23.3 Å². The lowest BCUT2D eigenvalue weighted by Crippen LogP contribution is -2.52. The lowest BCUT2D eigenvalue weighted by Gasteiger charge is -2.38. The Balaban J connectivity index is 1.37. The van der Waals surface area contributed by atoms with Gasteiger partial charge in [-0.15, -0.1) is 11.3 Å². The number of halogens is 1. The Hall–Kier alpha value is -2.74. The third kappa shape index (κ3) is 4.23. The molecule has 0 atom stereocenters. The summed E-state index contributed by atoms with van der Waals surface area (Å²) in [6.45, 7) is 3.99. The zero-order chi connectivity index (χ0) is 21.3. The van der Waals surface area contributed by atoms with Crippen molar-refractivity contribution in [3.8, 4) is 0 Å². The van der Waals surface area contributed by atoms with E-state index in [4.69, 9.17) is 0 Å². The molecule has 1 saturated heterocycles. The van der Waals surface area contributed by atoms with Crippen LogP contribution in [0, 0.1) is 18.7 Å². The van der Waals surface area contributed by atoms with Crippen molar-refractivity contribution in [1.82, 2.24) is 9.80 Å². The van der Waals surface area contributed by atoms with Crippen molar-refractivity contribution >= 4 is 34.1 Å². The molecule has 1 aliphatic carbocycles. The highest BCUT2D eigenvalue weighted by molar-refractivity contribution is 7.18. The first-order valence-corrected chi connectivity index (χ1v) is 11.0. The minimum Gasteiger partial charge on any atom is -0.339 e. The quantitative estimate of drug-likeness (QED) is 0.808. The molecule has 1 aromatic heterocycles. The van der Waals surface area contributed by atoms with Crippen LogP contribution in [0.4, 0.5) is 9.39 Å². The van der Waals surface area contributed by atoms with Gasteiger partial charge in [-0.1, -0.05) is 12.5 Å². The SMILES string of the molecule is Cc1cc(NC(=O)c2cccc(F)c2)sc1C(=O)N1CCN(C(=O)C2CCC2)CC1. The van der Waals surface area contributed by atoms with E-state index in [9.17, 15) is 18.8 Å². The zero-order valence-electron chi connectivity index (χ0n) is 16.8. The number of benzene rings is 1. The van der Waals surface area contributed by atoms with Gasteiger partial charge < -0.3 is 15.1 Å². The molecule has 2 aromatic rings. The van der Waals surface area contributed by atoms with Crippen molar-refractivity contribution in [1.29, 1.82) is 0 Å². The Kier molecular flexibility index (Phi) is 5.85. The number of nitrogens with zero attached hydrogens (tertiary/aromatic N) is 2. The first kappa shape index (κ1) is 20.5. The number of aryl methyl sites for hydroxylation is 1. The van der Waals surface area contributed by atoms with Crippen LogP contribution in [0.2, 0.25) is 0 Å². The molecule has 1 N–H and O–H groups in total. The molecule has 1 saturated carbocycles. The van der Waals surface area contributed by atoms with E-state index in [2.05, 4.69) is 5.32 Å². The lowest BCUT2D eigenvalue weighted by molar-refractivity contribution is -0.139. The topological polar surface area (TPSA) is 69.7 Å². The number of nitrogens with one attached hydrogen (secondary N) is 1. The third-order valence-electron chi connectivity index (χ3n) is 5.77. The Morgan fingerprint density at radius 2 is 1.77 bits per heavy atom. The number of rotatable bonds is 4. The lowest BCUT2D eigenvalue weighted by atomic mass is 9.84. The van der Waals surface area contributed by atoms with Crippen molar-refractivity contribution in [2.24, 2.45) is 5.92 Å². The standard InChI is InChI=1S/C22H24FN3O3S/c1-14-12-18(24-20(27)16-6-3-7-17(23)13-16)30-19(14)22(29)26-10-8-25(9-11-26)21(28)15-4-2-5-15/h3,6-7,12-13,15H,2,4-5,8-11H2,1H3,(H,24,27). The molecule has 0 bridgehead atoms. The second-order valence-corrected chi connectivity index (χ2v) is 8.88. The van der Waals surface area contributed by atoms with Crippen LogP contribution < -0.4 is 5.32 Å². The Bertz CT molecular complexity index is 978. The molecule has 0 radical (unpaired) electrons. The van der Waals surface area contributed by atoms with Gasteiger partial charge in [0.05, 0.1) is 9.88 Å². The average Bonchev–Trinajstić information content (AvgIpc) is 3.06. The van der Waals surface area contributed by atoms with E-state index in [0.717, 1.165) is 24.8 Å². The van der Waals surface area contributed by atoms with Crippen LogP contribution in [0.15, 0.2) is 30.3 Å². The van der Waals surface area contributed by atoms with E-state index < -0.39 is 11.7 Å². The molecule has 0 spiro atoms. The maximum absolute atomic E-state index is 13.3. The van der Waals surface area contributed by atoms with Crippen molar-refractivity contribution in [3.63, 3.8) is 0 Å².